The molecule has 1 amide bonds. The van der Waals surface area contributed by atoms with E-state index >= 15 is 0 Å². The standard InChI is InChI=1S/C31H40FN5O3/c1-23-20-28(34(2)33-23)31(38)37-14-5-4-6-27(37)13-19-40-30-21-24(7-12-29(30)39-3)22-35-15-17-36(18-16-35)26-10-8-25(32)9-11-26/h7-12,20-21,27H,4-6,13-19,22H2,1-3H3. The molecule has 1 atom stereocenters. The average Bonchev–Trinajstić information content (AvgIpc) is 3.31. The van der Waals surface area contributed by atoms with Crippen LogP contribution in [0.5, 0.6) is 11.5 Å². The van der Waals surface area contributed by atoms with Crippen LogP contribution in [0.4, 0.5) is 10.1 Å². The fourth-order valence-electron chi connectivity index (χ4n) is 5.84. The van der Waals surface area contributed by atoms with E-state index in [1.54, 1.807) is 11.8 Å². The van der Waals surface area contributed by atoms with Crippen molar-refractivity contribution in [1.29, 1.82) is 0 Å². The number of anilines is 1. The summed E-state index contributed by atoms with van der Waals surface area (Å²) in [4.78, 5) is 20.0. The summed E-state index contributed by atoms with van der Waals surface area (Å²) >= 11 is 0. The number of hydrogen-bond donors (Lipinski definition) is 0. The minimum Gasteiger partial charge on any atom is -0.493 e. The molecule has 2 fully saturated rings. The Bertz CT molecular complexity index is 1290. The Hall–Kier alpha value is -3.59. The van der Waals surface area contributed by atoms with Gasteiger partial charge < -0.3 is 19.3 Å². The summed E-state index contributed by atoms with van der Waals surface area (Å²) < 4.78 is 26.8. The molecular formula is C31H40FN5O3. The summed E-state index contributed by atoms with van der Waals surface area (Å²) in [5.41, 5.74) is 3.73. The molecule has 3 aromatic rings. The summed E-state index contributed by atoms with van der Waals surface area (Å²) in [5, 5.41) is 4.36. The zero-order valence-electron chi connectivity index (χ0n) is 23.8. The van der Waals surface area contributed by atoms with Gasteiger partial charge in [0.15, 0.2) is 11.5 Å². The van der Waals surface area contributed by atoms with E-state index in [0.29, 0.717) is 18.1 Å². The maximum atomic E-state index is 13.3. The number of hydrogen-bond acceptors (Lipinski definition) is 6. The van der Waals surface area contributed by atoms with Gasteiger partial charge in [0, 0.05) is 64.5 Å². The molecule has 0 radical (unpaired) electrons. The molecule has 9 heteroatoms. The van der Waals surface area contributed by atoms with Gasteiger partial charge in [-0.15, -0.1) is 0 Å². The first kappa shape index (κ1) is 28.0. The Labute approximate surface area is 236 Å². The lowest BCUT2D eigenvalue weighted by molar-refractivity contribution is 0.0568. The zero-order chi connectivity index (χ0) is 28.1. The highest BCUT2D eigenvalue weighted by Crippen LogP contribution is 2.30. The van der Waals surface area contributed by atoms with Crippen LogP contribution >= 0.6 is 0 Å². The number of rotatable bonds is 9. The predicted octanol–water partition coefficient (Wildman–Crippen LogP) is 4.66. The van der Waals surface area contributed by atoms with Gasteiger partial charge >= 0.3 is 0 Å². The third-order valence-corrected chi connectivity index (χ3v) is 8.02. The zero-order valence-corrected chi connectivity index (χ0v) is 23.8. The summed E-state index contributed by atoms with van der Waals surface area (Å²) in [6, 6.07) is 14.9. The molecular weight excluding hydrogens is 509 g/mol. The van der Waals surface area contributed by atoms with Gasteiger partial charge in [-0.2, -0.15) is 5.10 Å². The number of carbonyl (C=O) groups excluding carboxylic acids is 1. The SMILES string of the molecule is COc1ccc(CN2CCN(c3ccc(F)cc3)CC2)cc1OCCC1CCCCN1C(=O)c1cc(C)nn1C. The van der Waals surface area contributed by atoms with Gasteiger partial charge in [-0.1, -0.05) is 6.07 Å². The predicted molar refractivity (Wildman–Crippen MR) is 154 cm³/mol. The van der Waals surface area contributed by atoms with Crippen molar-refractivity contribution in [2.24, 2.45) is 7.05 Å². The van der Waals surface area contributed by atoms with Crippen LogP contribution < -0.4 is 14.4 Å². The van der Waals surface area contributed by atoms with E-state index in [-0.39, 0.29) is 17.8 Å². The highest BCUT2D eigenvalue weighted by molar-refractivity contribution is 5.93. The van der Waals surface area contributed by atoms with Crippen molar-refractivity contribution in [2.75, 3.05) is 51.3 Å². The Balaban J connectivity index is 1.16. The Morgan fingerprint density at radius 1 is 1.00 bits per heavy atom. The molecule has 2 aliphatic rings. The molecule has 0 bridgehead atoms. The Morgan fingerprint density at radius 2 is 1.77 bits per heavy atom. The summed E-state index contributed by atoms with van der Waals surface area (Å²) in [7, 11) is 3.49. The van der Waals surface area contributed by atoms with Crippen LogP contribution in [0.25, 0.3) is 0 Å². The lowest BCUT2D eigenvalue weighted by Gasteiger charge is -2.36. The molecule has 5 rings (SSSR count). The van der Waals surface area contributed by atoms with Crippen molar-refractivity contribution in [3.05, 3.63) is 71.3 Å². The first-order valence-electron chi connectivity index (χ1n) is 14.3. The largest absolute Gasteiger partial charge is 0.493 e. The first-order chi connectivity index (χ1) is 19.4. The van der Waals surface area contributed by atoms with E-state index < -0.39 is 0 Å². The summed E-state index contributed by atoms with van der Waals surface area (Å²) in [6.45, 7) is 7.68. The molecule has 3 heterocycles. The molecule has 2 saturated heterocycles. The van der Waals surface area contributed by atoms with E-state index in [2.05, 4.69) is 27.0 Å². The number of piperidine rings is 1. The smallest absolute Gasteiger partial charge is 0.272 e. The van der Waals surface area contributed by atoms with Crippen molar-refractivity contribution in [2.45, 2.75) is 45.2 Å². The number of halogens is 1. The second-order valence-electron chi connectivity index (χ2n) is 10.8. The monoisotopic (exact) mass is 549 g/mol. The number of aryl methyl sites for hydroxylation is 2. The van der Waals surface area contributed by atoms with Crippen LogP contribution in [0.15, 0.2) is 48.5 Å². The lowest BCUT2D eigenvalue weighted by atomic mass is 9.99. The molecule has 214 valence electrons. The van der Waals surface area contributed by atoms with E-state index in [1.165, 1.54) is 17.7 Å². The van der Waals surface area contributed by atoms with Gasteiger partial charge in [0.1, 0.15) is 11.5 Å². The molecule has 0 aliphatic carbocycles. The fraction of sp³-hybridized carbons (Fsp3) is 0.484. The highest BCUT2D eigenvalue weighted by atomic mass is 19.1. The molecule has 0 spiro atoms. The molecule has 40 heavy (non-hydrogen) atoms. The summed E-state index contributed by atoms with van der Waals surface area (Å²) in [6.07, 6.45) is 3.88. The molecule has 1 aromatic heterocycles. The summed E-state index contributed by atoms with van der Waals surface area (Å²) in [5.74, 6) is 1.30. The number of aromatic nitrogens is 2. The number of ether oxygens (including phenoxy) is 2. The Kier molecular flexibility index (Phi) is 8.89. The lowest BCUT2D eigenvalue weighted by Crippen LogP contribution is -2.45. The number of likely N-dealkylation sites (tertiary alicyclic amines) is 1. The van der Waals surface area contributed by atoms with Crippen molar-refractivity contribution in [3.8, 4) is 11.5 Å². The van der Waals surface area contributed by atoms with Gasteiger partial charge in [-0.05, 0) is 74.2 Å². The van der Waals surface area contributed by atoms with Crippen molar-refractivity contribution >= 4 is 11.6 Å². The van der Waals surface area contributed by atoms with E-state index in [0.717, 1.165) is 82.1 Å². The number of nitrogens with zero attached hydrogens (tertiary/aromatic N) is 5. The Morgan fingerprint density at radius 3 is 2.48 bits per heavy atom. The maximum Gasteiger partial charge on any atom is 0.272 e. The first-order valence-corrected chi connectivity index (χ1v) is 14.3. The molecule has 2 aromatic carbocycles. The molecule has 0 N–H and O–H groups in total. The van der Waals surface area contributed by atoms with Gasteiger partial charge in [0.05, 0.1) is 19.4 Å². The number of amides is 1. The average molecular weight is 550 g/mol. The molecule has 1 unspecified atom stereocenters. The quantitative estimate of drug-likeness (QED) is 0.387. The van der Waals surface area contributed by atoms with Gasteiger partial charge in [-0.25, -0.2) is 4.39 Å². The number of methoxy groups -OCH3 is 1. The van der Waals surface area contributed by atoms with Crippen molar-refractivity contribution in [3.63, 3.8) is 0 Å². The fourth-order valence-corrected chi connectivity index (χ4v) is 5.84. The van der Waals surface area contributed by atoms with Crippen LogP contribution in [0.3, 0.4) is 0 Å². The minimum atomic E-state index is -0.204. The van der Waals surface area contributed by atoms with E-state index in [1.807, 2.05) is 43.1 Å². The van der Waals surface area contributed by atoms with E-state index in [9.17, 15) is 9.18 Å². The van der Waals surface area contributed by atoms with Crippen LogP contribution in [0, 0.1) is 12.7 Å². The van der Waals surface area contributed by atoms with Crippen LogP contribution in [-0.4, -0.2) is 78.0 Å². The molecule has 0 saturated carbocycles. The van der Waals surface area contributed by atoms with Gasteiger partial charge in [0.2, 0.25) is 0 Å². The second kappa shape index (κ2) is 12.7. The highest BCUT2D eigenvalue weighted by Gasteiger charge is 2.29. The third-order valence-electron chi connectivity index (χ3n) is 8.02. The topological polar surface area (TPSA) is 63.1 Å². The van der Waals surface area contributed by atoms with E-state index in [4.69, 9.17) is 9.47 Å². The van der Waals surface area contributed by atoms with Crippen molar-refractivity contribution < 1.29 is 18.7 Å². The van der Waals surface area contributed by atoms with Crippen LogP contribution in [0.1, 0.15) is 47.4 Å². The van der Waals surface area contributed by atoms with Gasteiger partial charge in [-0.3, -0.25) is 14.4 Å². The van der Waals surface area contributed by atoms with Crippen LogP contribution in [0.2, 0.25) is 0 Å². The van der Waals surface area contributed by atoms with Gasteiger partial charge in [0.25, 0.3) is 5.91 Å². The third kappa shape index (κ3) is 6.58. The number of carbonyl (C=O) groups is 1. The normalized spacial score (nSPS) is 18.1. The number of piperazine rings is 1. The number of benzene rings is 2. The van der Waals surface area contributed by atoms with Crippen molar-refractivity contribution in [1.82, 2.24) is 19.6 Å². The molecule has 8 nitrogen and oxygen atoms in total. The van der Waals surface area contributed by atoms with Crippen LogP contribution in [-0.2, 0) is 13.6 Å². The molecule has 2 aliphatic heterocycles. The maximum absolute atomic E-state index is 13.3. The second-order valence-corrected chi connectivity index (χ2v) is 10.8. The minimum absolute atomic E-state index is 0.0481.